The Balaban J connectivity index is 3.08. The molecule has 1 aromatic rings. The summed E-state index contributed by atoms with van der Waals surface area (Å²) in [7, 11) is 1.64. The molecule has 0 saturated carbocycles. The van der Waals surface area contributed by atoms with E-state index >= 15 is 0 Å². The van der Waals surface area contributed by atoms with Crippen LogP contribution in [0, 0.1) is 0 Å². The first kappa shape index (κ1) is 11.1. The Labute approximate surface area is 90.9 Å². The third-order valence-electron chi connectivity index (χ3n) is 1.89. The molecule has 0 spiro atoms. The van der Waals surface area contributed by atoms with Crippen LogP contribution in [0.3, 0.4) is 0 Å². The van der Waals surface area contributed by atoms with E-state index in [0.717, 1.165) is 11.3 Å². The number of amides is 1. The van der Waals surface area contributed by atoms with E-state index in [2.05, 4.69) is 0 Å². The molecular formula is C8H11ClN2O2S. The van der Waals surface area contributed by atoms with Crippen molar-refractivity contribution in [1.29, 1.82) is 0 Å². The van der Waals surface area contributed by atoms with Crippen molar-refractivity contribution >= 4 is 34.5 Å². The van der Waals surface area contributed by atoms with Crippen LogP contribution in [0.2, 0.25) is 4.34 Å². The van der Waals surface area contributed by atoms with Crippen LogP contribution in [0.25, 0.3) is 0 Å². The number of carbonyl (C=O) groups is 1. The van der Waals surface area contributed by atoms with Gasteiger partial charge in [-0.25, -0.2) is 0 Å². The molecule has 1 amide bonds. The Morgan fingerprint density at radius 1 is 1.71 bits per heavy atom. The predicted molar refractivity (Wildman–Crippen MR) is 58.0 cm³/mol. The highest BCUT2D eigenvalue weighted by Gasteiger charge is 2.21. The van der Waals surface area contributed by atoms with Crippen molar-refractivity contribution in [2.75, 3.05) is 19.3 Å². The van der Waals surface area contributed by atoms with E-state index < -0.39 is 0 Å². The first-order valence-electron chi connectivity index (χ1n) is 4.01. The van der Waals surface area contributed by atoms with Gasteiger partial charge in [-0.15, -0.1) is 11.3 Å². The second-order valence-electron chi connectivity index (χ2n) is 2.79. The number of anilines is 1. The van der Waals surface area contributed by atoms with Crippen molar-refractivity contribution in [3.8, 4) is 5.75 Å². The molecular weight excluding hydrogens is 224 g/mol. The van der Waals surface area contributed by atoms with Crippen LogP contribution in [-0.4, -0.2) is 29.5 Å². The largest absolute Gasteiger partial charge is 0.504 e. The van der Waals surface area contributed by atoms with Gasteiger partial charge < -0.3 is 15.7 Å². The summed E-state index contributed by atoms with van der Waals surface area (Å²) in [6.45, 7) is 2.40. The van der Waals surface area contributed by atoms with Crippen LogP contribution < -0.4 is 5.73 Å². The molecule has 0 fully saturated rings. The molecule has 1 rings (SSSR count). The fraction of sp³-hybridized carbons (Fsp3) is 0.375. The Kier molecular flexibility index (Phi) is 3.23. The van der Waals surface area contributed by atoms with Crippen LogP contribution in [0.15, 0.2) is 0 Å². The van der Waals surface area contributed by atoms with E-state index in [0.29, 0.717) is 6.54 Å². The quantitative estimate of drug-likeness (QED) is 0.820. The maximum atomic E-state index is 11.6. The first-order chi connectivity index (χ1) is 6.49. The van der Waals surface area contributed by atoms with Crippen LogP contribution in [0.4, 0.5) is 5.69 Å². The van der Waals surface area contributed by atoms with Gasteiger partial charge in [0.25, 0.3) is 5.91 Å². The number of rotatable bonds is 2. The zero-order valence-corrected chi connectivity index (χ0v) is 9.45. The molecule has 0 aliphatic heterocycles. The zero-order valence-electron chi connectivity index (χ0n) is 7.87. The molecule has 0 aliphatic carbocycles. The number of aromatic hydroxyl groups is 1. The lowest BCUT2D eigenvalue weighted by Gasteiger charge is -2.12. The maximum absolute atomic E-state index is 11.6. The van der Waals surface area contributed by atoms with Gasteiger partial charge in [0.2, 0.25) is 0 Å². The highest BCUT2D eigenvalue weighted by atomic mass is 35.5. The molecule has 0 atom stereocenters. The number of nitrogen functional groups attached to an aromatic ring is 1. The molecule has 78 valence electrons. The summed E-state index contributed by atoms with van der Waals surface area (Å²) in [6.07, 6.45) is 0. The highest BCUT2D eigenvalue weighted by molar-refractivity contribution is 7.19. The minimum Gasteiger partial charge on any atom is -0.504 e. The first-order valence-corrected chi connectivity index (χ1v) is 5.20. The van der Waals surface area contributed by atoms with E-state index in [-0.39, 0.29) is 26.6 Å². The maximum Gasteiger partial charge on any atom is 0.267 e. The second kappa shape index (κ2) is 4.06. The average molecular weight is 235 g/mol. The van der Waals surface area contributed by atoms with Crippen molar-refractivity contribution in [3.05, 3.63) is 9.21 Å². The molecule has 0 bridgehead atoms. The topological polar surface area (TPSA) is 66.6 Å². The molecule has 6 heteroatoms. The number of hydrogen-bond acceptors (Lipinski definition) is 4. The number of nitrogens with zero attached hydrogens (tertiary/aromatic N) is 1. The monoisotopic (exact) mass is 234 g/mol. The fourth-order valence-electron chi connectivity index (χ4n) is 0.870. The molecule has 0 saturated heterocycles. The number of halogens is 1. The minimum absolute atomic E-state index is 0.0736. The lowest BCUT2D eigenvalue weighted by atomic mass is 10.3. The van der Waals surface area contributed by atoms with E-state index in [1.807, 2.05) is 6.92 Å². The lowest BCUT2D eigenvalue weighted by Crippen LogP contribution is -2.25. The van der Waals surface area contributed by atoms with Gasteiger partial charge in [-0.2, -0.15) is 0 Å². The SMILES string of the molecule is CCN(C)C(=O)c1sc(Cl)c(N)c1O. The molecule has 3 N–H and O–H groups in total. The summed E-state index contributed by atoms with van der Waals surface area (Å²) >= 11 is 6.68. The smallest absolute Gasteiger partial charge is 0.267 e. The van der Waals surface area contributed by atoms with Crippen LogP contribution >= 0.6 is 22.9 Å². The molecule has 0 aliphatic rings. The summed E-state index contributed by atoms with van der Waals surface area (Å²) in [4.78, 5) is 13.3. The van der Waals surface area contributed by atoms with E-state index in [4.69, 9.17) is 17.3 Å². The van der Waals surface area contributed by atoms with E-state index in [9.17, 15) is 9.90 Å². The van der Waals surface area contributed by atoms with Crippen molar-refractivity contribution in [3.63, 3.8) is 0 Å². The van der Waals surface area contributed by atoms with Gasteiger partial charge in [0.05, 0.1) is 0 Å². The normalized spacial score (nSPS) is 10.2. The Morgan fingerprint density at radius 3 is 2.64 bits per heavy atom. The predicted octanol–water partition coefficient (Wildman–Crippen LogP) is 1.78. The molecule has 4 nitrogen and oxygen atoms in total. The zero-order chi connectivity index (χ0) is 10.9. The van der Waals surface area contributed by atoms with Crippen molar-refractivity contribution in [2.45, 2.75) is 6.92 Å². The number of thiophene rings is 1. The summed E-state index contributed by atoms with van der Waals surface area (Å²) in [5.74, 6) is -0.487. The Morgan fingerprint density at radius 2 is 2.29 bits per heavy atom. The average Bonchev–Trinajstić information content (AvgIpc) is 2.43. The van der Waals surface area contributed by atoms with Crippen LogP contribution in [0.5, 0.6) is 5.75 Å². The fourth-order valence-corrected chi connectivity index (χ4v) is 2.03. The van der Waals surface area contributed by atoms with Gasteiger partial charge >= 0.3 is 0 Å². The van der Waals surface area contributed by atoms with Gasteiger partial charge in [-0.05, 0) is 6.92 Å². The lowest BCUT2D eigenvalue weighted by molar-refractivity contribution is 0.0804. The molecule has 0 radical (unpaired) electrons. The van der Waals surface area contributed by atoms with E-state index in [1.54, 1.807) is 7.05 Å². The second-order valence-corrected chi connectivity index (χ2v) is 4.41. The summed E-state index contributed by atoms with van der Waals surface area (Å²) in [5.41, 5.74) is 5.51. The number of carbonyl (C=O) groups excluding carboxylic acids is 1. The van der Waals surface area contributed by atoms with Crippen molar-refractivity contribution < 1.29 is 9.90 Å². The Hall–Kier alpha value is -0.940. The third kappa shape index (κ3) is 1.78. The summed E-state index contributed by atoms with van der Waals surface area (Å²) < 4.78 is 0.246. The van der Waals surface area contributed by atoms with Gasteiger partial charge in [0, 0.05) is 13.6 Å². The van der Waals surface area contributed by atoms with Gasteiger partial charge in [0.1, 0.15) is 14.9 Å². The van der Waals surface area contributed by atoms with Gasteiger partial charge in [-0.1, -0.05) is 11.6 Å². The van der Waals surface area contributed by atoms with Crippen LogP contribution in [-0.2, 0) is 0 Å². The summed E-state index contributed by atoms with van der Waals surface area (Å²) in [5, 5.41) is 9.49. The van der Waals surface area contributed by atoms with Crippen molar-refractivity contribution in [2.24, 2.45) is 0 Å². The van der Waals surface area contributed by atoms with Crippen LogP contribution in [0.1, 0.15) is 16.6 Å². The minimum atomic E-state index is -0.270. The summed E-state index contributed by atoms with van der Waals surface area (Å²) in [6, 6.07) is 0. The van der Waals surface area contributed by atoms with Gasteiger partial charge in [-0.3, -0.25) is 4.79 Å². The van der Waals surface area contributed by atoms with Gasteiger partial charge in [0.15, 0.2) is 5.75 Å². The molecule has 0 aromatic carbocycles. The third-order valence-corrected chi connectivity index (χ3v) is 3.30. The number of nitrogens with two attached hydrogens (primary N) is 1. The molecule has 14 heavy (non-hydrogen) atoms. The number of hydrogen-bond donors (Lipinski definition) is 2. The van der Waals surface area contributed by atoms with Crippen molar-refractivity contribution in [1.82, 2.24) is 4.90 Å². The molecule has 1 aromatic heterocycles. The van der Waals surface area contributed by atoms with E-state index in [1.165, 1.54) is 4.90 Å². The highest BCUT2D eigenvalue weighted by Crippen LogP contribution is 2.40. The standard InChI is InChI=1S/C8H11ClN2O2S/c1-3-11(2)8(13)6-5(12)4(10)7(9)14-6/h12H,3,10H2,1-2H3. The molecule has 0 unspecified atom stereocenters. The molecule has 1 heterocycles. The Bertz CT molecular complexity index is 364.